The van der Waals surface area contributed by atoms with Gasteiger partial charge in [-0.1, -0.05) is 84.0 Å². The number of carbonyl (C=O) groups excluding carboxylic acids is 1. The second kappa shape index (κ2) is 22.3. The van der Waals surface area contributed by atoms with Crippen LogP contribution in [0.25, 0.3) is 0 Å². The molecule has 0 aromatic heterocycles. The molecule has 0 fully saturated rings. The quantitative estimate of drug-likeness (QED) is 0.102. The summed E-state index contributed by atoms with van der Waals surface area (Å²) in [5.74, 6) is -0.260. The predicted molar refractivity (Wildman–Crippen MR) is 131 cm³/mol. The SMILES string of the molecule is CCCCCCCCCCCCCCCC(=O)OCC(COP(O)(=S)OCCC#N)OC. The van der Waals surface area contributed by atoms with E-state index in [-0.39, 0.29) is 32.2 Å². The number of rotatable bonds is 23. The molecule has 0 amide bonds. The highest BCUT2D eigenvalue weighted by Gasteiger charge is 2.19. The Kier molecular flexibility index (Phi) is 21.9. The van der Waals surface area contributed by atoms with Gasteiger partial charge in [0.25, 0.3) is 0 Å². The van der Waals surface area contributed by atoms with Crippen LogP contribution in [-0.4, -0.2) is 43.9 Å². The molecule has 188 valence electrons. The lowest BCUT2D eigenvalue weighted by atomic mass is 10.0. The smallest absolute Gasteiger partial charge is 0.324 e. The molecule has 9 heteroatoms. The minimum Gasteiger partial charge on any atom is -0.463 e. The van der Waals surface area contributed by atoms with Gasteiger partial charge in [0.15, 0.2) is 0 Å². The van der Waals surface area contributed by atoms with E-state index in [4.69, 9.17) is 35.6 Å². The van der Waals surface area contributed by atoms with E-state index in [1.165, 1.54) is 71.3 Å². The molecule has 7 nitrogen and oxygen atoms in total. The summed E-state index contributed by atoms with van der Waals surface area (Å²) in [7, 11) is 1.46. The fourth-order valence-corrected chi connectivity index (χ4v) is 4.31. The molecule has 0 aromatic carbocycles. The second-order valence-corrected chi connectivity index (χ2v) is 10.9. The van der Waals surface area contributed by atoms with Gasteiger partial charge in [0.1, 0.15) is 12.7 Å². The zero-order valence-electron chi connectivity index (χ0n) is 20.1. The summed E-state index contributed by atoms with van der Waals surface area (Å²) >= 11 is 4.85. The first-order chi connectivity index (χ1) is 15.4. The summed E-state index contributed by atoms with van der Waals surface area (Å²) in [6.07, 6.45) is 16.4. The lowest BCUT2D eigenvalue weighted by Gasteiger charge is -2.19. The minimum atomic E-state index is -3.42. The number of ether oxygens (including phenoxy) is 2. The molecule has 0 aliphatic rings. The molecule has 0 bridgehead atoms. The van der Waals surface area contributed by atoms with Crippen molar-refractivity contribution in [2.45, 2.75) is 109 Å². The van der Waals surface area contributed by atoms with E-state index >= 15 is 0 Å². The van der Waals surface area contributed by atoms with E-state index in [0.29, 0.717) is 6.42 Å². The molecule has 2 atom stereocenters. The summed E-state index contributed by atoms with van der Waals surface area (Å²) in [4.78, 5) is 21.8. The molecular formula is C23H44NO6PS. The molecule has 0 aliphatic heterocycles. The van der Waals surface area contributed by atoms with E-state index in [1.54, 1.807) is 0 Å². The van der Waals surface area contributed by atoms with Crippen molar-refractivity contribution in [1.29, 1.82) is 5.26 Å². The highest BCUT2D eigenvalue weighted by Crippen LogP contribution is 2.43. The summed E-state index contributed by atoms with van der Waals surface area (Å²) in [5, 5.41) is 8.47. The molecule has 0 spiro atoms. The Labute approximate surface area is 200 Å². The average molecular weight is 494 g/mol. The molecule has 0 aliphatic carbocycles. The third-order valence-corrected chi connectivity index (χ3v) is 6.76. The Hall–Kier alpha value is -0.550. The minimum absolute atomic E-state index is 0.00996. The van der Waals surface area contributed by atoms with Gasteiger partial charge in [-0.3, -0.25) is 4.79 Å². The van der Waals surface area contributed by atoms with Gasteiger partial charge in [-0.15, -0.1) is 0 Å². The Bertz CT molecular complexity index is 543. The number of hydrogen-bond acceptors (Lipinski definition) is 7. The maximum Gasteiger partial charge on any atom is 0.324 e. The van der Waals surface area contributed by atoms with Crippen molar-refractivity contribution < 1.29 is 28.2 Å². The maximum absolute atomic E-state index is 11.9. The van der Waals surface area contributed by atoms with Crippen LogP contribution in [0.4, 0.5) is 0 Å². The van der Waals surface area contributed by atoms with Crippen LogP contribution in [-0.2, 0) is 35.1 Å². The number of nitrogens with zero attached hydrogens (tertiary/aromatic N) is 1. The monoisotopic (exact) mass is 493 g/mol. The topological polar surface area (TPSA) is 98.0 Å². The van der Waals surface area contributed by atoms with Crippen LogP contribution in [0, 0.1) is 11.3 Å². The Balaban J connectivity index is 3.62. The van der Waals surface area contributed by atoms with E-state index in [0.717, 1.165) is 19.3 Å². The van der Waals surface area contributed by atoms with E-state index < -0.39 is 12.8 Å². The van der Waals surface area contributed by atoms with Gasteiger partial charge in [-0.25, -0.2) is 0 Å². The van der Waals surface area contributed by atoms with Crippen molar-refractivity contribution in [2.75, 3.05) is 26.9 Å². The summed E-state index contributed by atoms with van der Waals surface area (Å²) in [6.45, 7) is -1.18. The van der Waals surface area contributed by atoms with Crippen molar-refractivity contribution in [3.63, 3.8) is 0 Å². The number of carbonyl (C=O) groups is 1. The van der Waals surface area contributed by atoms with Gasteiger partial charge in [0.05, 0.1) is 25.7 Å². The van der Waals surface area contributed by atoms with Crippen molar-refractivity contribution in [3.8, 4) is 6.07 Å². The van der Waals surface area contributed by atoms with Gasteiger partial charge in [-0.05, 0) is 18.2 Å². The number of methoxy groups -OCH3 is 1. The third kappa shape index (κ3) is 21.3. The number of hydrogen-bond donors (Lipinski definition) is 1. The highest BCUT2D eigenvalue weighted by atomic mass is 32.5. The fraction of sp³-hybridized carbons (Fsp3) is 0.913. The van der Waals surface area contributed by atoms with Crippen molar-refractivity contribution in [2.24, 2.45) is 0 Å². The first-order valence-corrected chi connectivity index (χ1v) is 14.7. The molecule has 0 radical (unpaired) electrons. The highest BCUT2D eigenvalue weighted by molar-refractivity contribution is 8.07. The first kappa shape index (κ1) is 31.4. The van der Waals surface area contributed by atoms with Gasteiger partial charge in [-0.2, -0.15) is 5.26 Å². The summed E-state index contributed by atoms with van der Waals surface area (Å²) in [6, 6.07) is 1.89. The van der Waals surface area contributed by atoms with Crippen molar-refractivity contribution in [3.05, 3.63) is 0 Å². The van der Waals surface area contributed by atoms with Crippen molar-refractivity contribution >= 4 is 24.5 Å². The van der Waals surface area contributed by atoms with Gasteiger partial charge in [0.2, 0.25) is 0 Å². The van der Waals surface area contributed by atoms with Crippen LogP contribution in [0.5, 0.6) is 0 Å². The van der Waals surface area contributed by atoms with E-state index in [1.807, 2.05) is 6.07 Å². The van der Waals surface area contributed by atoms with Gasteiger partial charge >= 0.3 is 12.7 Å². The molecule has 0 aromatic rings. The number of esters is 1. The second-order valence-electron chi connectivity index (χ2n) is 8.04. The van der Waals surface area contributed by atoms with Crippen LogP contribution in [0.15, 0.2) is 0 Å². The zero-order chi connectivity index (χ0) is 23.9. The standard InChI is InChI=1S/C23H44NO6PS/c1-3-4-5-6-7-8-9-10-11-12-13-14-15-17-23(25)28-20-22(27-2)21-30-31(26,32)29-19-16-18-24/h22H,3-17,19-21H2,1-2H3,(H,26,32). The van der Waals surface area contributed by atoms with Crippen LogP contribution in [0.3, 0.4) is 0 Å². The molecule has 1 N–H and O–H groups in total. The van der Waals surface area contributed by atoms with Crippen LogP contribution in [0.2, 0.25) is 0 Å². The number of unbranched alkanes of at least 4 members (excludes halogenated alkanes) is 12. The first-order valence-electron chi connectivity index (χ1n) is 12.1. The Morgan fingerprint density at radius 1 is 0.938 bits per heavy atom. The van der Waals surface area contributed by atoms with Crippen LogP contribution < -0.4 is 0 Å². The predicted octanol–water partition coefficient (Wildman–Crippen LogP) is 6.19. The lowest BCUT2D eigenvalue weighted by Crippen LogP contribution is -2.25. The Morgan fingerprint density at radius 2 is 1.47 bits per heavy atom. The van der Waals surface area contributed by atoms with E-state index in [9.17, 15) is 9.69 Å². The molecule has 0 heterocycles. The summed E-state index contributed by atoms with van der Waals surface area (Å²) < 4.78 is 20.6. The fourth-order valence-electron chi connectivity index (χ4n) is 3.15. The van der Waals surface area contributed by atoms with Crippen LogP contribution >= 0.6 is 6.72 Å². The zero-order valence-corrected chi connectivity index (χ0v) is 21.8. The molecular weight excluding hydrogens is 449 g/mol. The molecule has 2 unspecified atom stereocenters. The van der Waals surface area contributed by atoms with E-state index in [2.05, 4.69) is 6.92 Å². The summed E-state index contributed by atoms with van der Waals surface area (Å²) in [5.41, 5.74) is 0. The van der Waals surface area contributed by atoms with Crippen molar-refractivity contribution in [1.82, 2.24) is 0 Å². The lowest BCUT2D eigenvalue weighted by molar-refractivity contribution is -0.148. The Morgan fingerprint density at radius 3 is 1.97 bits per heavy atom. The largest absolute Gasteiger partial charge is 0.463 e. The number of nitriles is 1. The van der Waals surface area contributed by atoms with Gasteiger partial charge < -0.3 is 23.4 Å². The molecule has 0 saturated carbocycles. The van der Waals surface area contributed by atoms with Crippen LogP contribution in [0.1, 0.15) is 103 Å². The van der Waals surface area contributed by atoms with Gasteiger partial charge in [0, 0.05) is 13.5 Å². The molecule has 32 heavy (non-hydrogen) atoms. The normalized spacial score (nSPS) is 13.9. The molecule has 0 saturated heterocycles. The maximum atomic E-state index is 11.9. The third-order valence-electron chi connectivity index (χ3n) is 5.14. The molecule has 0 rings (SSSR count). The average Bonchev–Trinajstić information content (AvgIpc) is 2.77.